The van der Waals surface area contributed by atoms with E-state index in [1.165, 1.54) is 6.07 Å². The number of carbonyl (C=O) groups is 1. The molecule has 3 aromatic carbocycles. The Hall–Kier alpha value is -2.01. The van der Waals surface area contributed by atoms with Crippen molar-refractivity contribution in [1.82, 2.24) is 0 Å². The summed E-state index contributed by atoms with van der Waals surface area (Å²) in [6.45, 7) is 0. The molecule has 2 N–H and O–H groups in total. The van der Waals surface area contributed by atoms with Crippen molar-refractivity contribution in [2.75, 3.05) is 0 Å². The molecule has 0 aromatic heterocycles. The number of halogens is 1. The molecule has 0 atom stereocenters. The van der Waals surface area contributed by atoms with Crippen LogP contribution in [0.1, 0.15) is 10.4 Å². The third-order valence-electron chi connectivity index (χ3n) is 3.68. The molecule has 0 unspecified atom stereocenters. The van der Waals surface area contributed by atoms with Crippen LogP contribution < -0.4 is 34.7 Å². The van der Waals surface area contributed by atoms with Gasteiger partial charge in [-0.2, -0.15) is 13.5 Å². The van der Waals surface area contributed by atoms with Crippen LogP contribution in [0.25, 0.3) is 10.8 Å². The molecule has 0 saturated heterocycles. The number of hydrogen-bond acceptors (Lipinski definition) is 6. The van der Waals surface area contributed by atoms with E-state index in [2.05, 4.69) is 10.2 Å². The van der Waals surface area contributed by atoms with Crippen molar-refractivity contribution in [2.45, 2.75) is 4.90 Å². The predicted octanol–water partition coefficient (Wildman–Crippen LogP) is 0.931. The van der Waals surface area contributed by atoms with Gasteiger partial charge in [-0.25, -0.2) is 4.79 Å². The zero-order chi connectivity index (χ0) is 19.8. The summed E-state index contributed by atoms with van der Waals surface area (Å²) in [7, 11) is -4.76. The molecule has 0 saturated carbocycles. The molecule has 0 aliphatic carbocycles. The number of fused-ring (bicyclic) bond motifs is 1. The van der Waals surface area contributed by atoms with Crippen LogP contribution in [-0.2, 0) is 10.1 Å². The van der Waals surface area contributed by atoms with Crippen LogP contribution in [-0.4, -0.2) is 24.0 Å². The molecule has 0 spiro atoms. The van der Waals surface area contributed by atoms with Crippen molar-refractivity contribution in [2.24, 2.45) is 10.2 Å². The van der Waals surface area contributed by atoms with Gasteiger partial charge in [-0.05, 0) is 17.5 Å². The van der Waals surface area contributed by atoms with E-state index in [0.717, 1.165) is 12.1 Å². The second-order valence-corrected chi connectivity index (χ2v) is 7.21. The minimum Gasteiger partial charge on any atom is -0.871 e. The van der Waals surface area contributed by atoms with E-state index >= 15 is 0 Å². The minimum atomic E-state index is -4.76. The molecule has 11 heteroatoms. The number of rotatable bonds is 4. The van der Waals surface area contributed by atoms with Gasteiger partial charge in [-0.3, -0.25) is 4.55 Å². The van der Waals surface area contributed by atoms with Crippen LogP contribution in [0.2, 0.25) is 5.02 Å². The van der Waals surface area contributed by atoms with E-state index in [-0.39, 0.29) is 35.2 Å². The summed E-state index contributed by atoms with van der Waals surface area (Å²) in [5.74, 6) is -1.88. The Bertz CT molecular complexity index is 1210. The SMILES string of the molecule is O=C(O)c1cc(N=Nc2c([O-])ccc3ccccc23)c(S(=O)(=O)O)cc1Cl.[Na+]. The van der Waals surface area contributed by atoms with E-state index in [1.807, 2.05) is 0 Å². The number of nitrogens with zero attached hydrogens (tertiary/aromatic N) is 2. The Morgan fingerprint density at radius 2 is 1.75 bits per heavy atom. The van der Waals surface area contributed by atoms with E-state index < -0.39 is 43.0 Å². The number of hydrogen-bond donors (Lipinski definition) is 2. The van der Waals surface area contributed by atoms with Gasteiger partial charge in [-0.15, -0.1) is 5.11 Å². The first-order valence-electron chi connectivity index (χ1n) is 7.33. The topological polar surface area (TPSA) is 139 Å². The standard InChI is InChI=1S/C17H11ClN2O6S.Na/c18-12-8-15(27(24,25)26)13(7-11(12)17(22)23)19-20-16-10-4-2-1-3-9(10)5-6-14(16)21;/h1-8,21H,(H,22,23)(H,24,25,26);/q;+1/p-1. The average molecular weight is 429 g/mol. The van der Waals surface area contributed by atoms with Crippen LogP contribution in [0.5, 0.6) is 5.75 Å². The van der Waals surface area contributed by atoms with Crippen LogP contribution in [0.15, 0.2) is 63.7 Å². The second-order valence-electron chi connectivity index (χ2n) is 5.41. The third-order valence-corrected chi connectivity index (χ3v) is 4.87. The van der Waals surface area contributed by atoms with Crippen molar-refractivity contribution in [1.29, 1.82) is 0 Å². The third kappa shape index (κ3) is 4.52. The number of carboxylic acid groups (broad SMARTS) is 1. The smallest absolute Gasteiger partial charge is 0.871 e. The number of benzene rings is 3. The van der Waals surface area contributed by atoms with Gasteiger partial charge in [0.1, 0.15) is 10.6 Å². The van der Waals surface area contributed by atoms with Crippen LogP contribution in [0.3, 0.4) is 0 Å². The first kappa shape index (κ1) is 22.3. The fourth-order valence-electron chi connectivity index (χ4n) is 2.43. The van der Waals surface area contributed by atoms with Crippen molar-refractivity contribution < 1.29 is 57.5 Å². The largest absolute Gasteiger partial charge is 1.00 e. The van der Waals surface area contributed by atoms with Crippen LogP contribution in [0.4, 0.5) is 11.4 Å². The maximum absolute atomic E-state index is 12.1. The van der Waals surface area contributed by atoms with Gasteiger partial charge in [0.2, 0.25) is 0 Å². The molecule has 3 rings (SSSR count). The summed E-state index contributed by atoms with van der Waals surface area (Å²) in [5, 5.41) is 29.6. The van der Waals surface area contributed by atoms with Crippen LogP contribution >= 0.6 is 11.6 Å². The second kappa shape index (κ2) is 8.56. The van der Waals surface area contributed by atoms with Gasteiger partial charge in [-0.1, -0.05) is 53.7 Å². The molecule has 0 radical (unpaired) electrons. The van der Waals surface area contributed by atoms with Crippen molar-refractivity contribution in [3.05, 3.63) is 59.1 Å². The fourth-order valence-corrected chi connectivity index (χ4v) is 3.37. The number of carboxylic acids is 1. The van der Waals surface area contributed by atoms with Gasteiger partial charge in [0.05, 0.1) is 16.3 Å². The molecular weight excluding hydrogens is 419 g/mol. The predicted molar refractivity (Wildman–Crippen MR) is 95.8 cm³/mol. The minimum absolute atomic E-state index is 0. The summed E-state index contributed by atoms with van der Waals surface area (Å²) >= 11 is 5.74. The summed E-state index contributed by atoms with van der Waals surface area (Å²) in [4.78, 5) is 10.5. The molecule has 0 bridgehead atoms. The first-order chi connectivity index (χ1) is 12.7. The van der Waals surface area contributed by atoms with Crippen LogP contribution in [0, 0.1) is 0 Å². The molecule has 28 heavy (non-hydrogen) atoms. The number of aromatic carboxylic acids is 1. The molecule has 0 aliphatic heterocycles. The van der Waals surface area contributed by atoms with Gasteiger partial charge in [0, 0.05) is 5.39 Å². The fraction of sp³-hybridized carbons (Fsp3) is 0. The van der Waals surface area contributed by atoms with Gasteiger partial charge >= 0.3 is 35.5 Å². The Morgan fingerprint density at radius 3 is 2.39 bits per heavy atom. The Kier molecular flexibility index (Phi) is 6.81. The molecule has 0 aliphatic rings. The van der Waals surface area contributed by atoms with Gasteiger partial charge in [0.15, 0.2) is 0 Å². The van der Waals surface area contributed by atoms with Gasteiger partial charge in [0.25, 0.3) is 10.1 Å². The summed E-state index contributed by atoms with van der Waals surface area (Å²) in [5.41, 5.74) is -0.953. The average Bonchev–Trinajstić information content (AvgIpc) is 2.60. The summed E-state index contributed by atoms with van der Waals surface area (Å²) in [6, 6.07) is 11.3. The molecular formula is C17H10ClN2NaO6S. The Labute approximate surface area is 186 Å². The molecule has 3 aromatic rings. The quantitative estimate of drug-likeness (QED) is 0.360. The molecule has 0 fully saturated rings. The zero-order valence-electron chi connectivity index (χ0n) is 14.3. The summed E-state index contributed by atoms with van der Waals surface area (Å²) < 4.78 is 32.5. The molecule has 8 nitrogen and oxygen atoms in total. The Morgan fingerprint density at radius 1 is 1.07 bits per heavy atom. The summed E-state index contributed by atoms with van der Waals surface area (Å²) in [6.07, 6.45) is 0. The van der Waals surface area contributed by atoms with E-state index in [9.17, 15) is 22.9 Å². The maximum atomic E-state index is 12.1. The Balaban J connectivity index is 0.00000280. The van der Waals surface area contributed by atoms with E-state index in [0.29, 0.717) is 10.8 Å². The molecule has 0 heterocycles. The normalized spacial score (nSPS) is 11.5. The maximum Gasteiger partial charge on any atom is 1.00 e. The van der Waals surface area contributed by atoms with Crippen molar-refractivity contribution in [3.8, 4) is 5.75 Å². The number of azo groups is 1. The van der Waals surface area contributed by atoms with E-state index in [1.54, 1.807) is 30.3 Å². The van der Waals surface area contributed by atoms with Crippen molar-refractivity contribution >= 4 is 49.8 Å². The zero-order valence-corrected chi connectivity index (χ0v) is 17.9. The van der Waals surface area contributed by atoms with E-state index in [4.69, 9.17) is 16.7 Å². The molecule has 138 valence electrons. The first-order valence-corrected chi connectivity index (χ1v) is 9.15. The monoisotopic (exact) mass is 428 g/mol. The van der Waals surface area contributed by atoms with Crippen molar-refractivity contribution in [3.63, 3.8) is 0 Å². The molecule has 0 amide bonds. The van der Waals surface area contributed by atoms with Gasteiger partial charge < -0.3 is 10.2 Å².